The van der Waals surface area contributed by atoms with Gasteiger partial charge >= 0.3 is 6.18 Å². The van der Waals surface area contributed by atoms with Gasteiger partial charge in [-0.1, -0.05) is 22.9 Å². The van der Waals surface area contributed by atoms with Crippen molar-refractivity contribution in [2.75, 3.05) is 6.54 Å². The number of amides is 1. The quantitative estimate of drug-likeness (QED) is 0.559. The van der Waals surface area contributed by atoms with E-state index in [9.17, 15) is 22.4 Å². The number of hydrogen-bond donors (Lipinski definition) is 0. The van der Waals surface area contributed by atoms with Gasteiger partial charge in [-0.25, -0.2) is 9.07 Å². The lowest BCUT2D eigenvalue weighted by Crippen LogP contribution is -2.37. The Kier molecular flexibility index (Phi) is 5.65. The topological polar surface area (TPSA) is 63.9 Å². The molecule has 1 aliphatic rings. The summed E-state index contributed by atoms with van der Waals surface area (Å²) in [5.41, 5.74) is 0.917. The average Bonchev–Trinajstić information content (AvgIpc) is 3.15. The third-order valence-corrected chi connectivity index (χ3v) is 5.27. The first-order valence-corrected chi connectivity index (χ1v) is 9.71. The van der Waals surface area contributed by atoms with Gasteiger partial charge in [0, 0.05) is 29.7 Å². The largest absolute Gasteiger partial charge is 0.417 e. The van der Waals surface area contributed by atoms with Crippen molar-refractivity contribution in [3.05, 3.63) is 75.3 Å². The van der Waals surface area contributed by atoms with Crippen molar-refractivity contribution in [2.45, 2.75) is 32.4 Å². The first-order valence-electron chi connectivity index (χ1n) is 9.33. The van der Waals surface area contributed by atoms with Crippen LogP contribution in [-0.2, 0) is 32.4 Å². The van der Waals surface area contributed by atoms with Gasteiger partial charge in [-0.15, -0.1) is 5.10 Å². The fraction of sp³-hybridized carbons (Fsp3) is 0.300. The van der Waals surface area contributed by atoms with Gasteiger partial charge in [0.2, 0.25) is 0 Å². The number of hydrogen-bond acceptors (Lipinski definition) is 4. The Morgan fingerprint density at radius 3 is 2.68 bits per heavy atom. The molecule has 4 rings (SSSR count). The van der Waals surface area contributed by atoms with Gasteiger partial charge in [0.05, 0.1) is 35.6 Å². The van der Waals surface area contributed by atoms with Gasteiger partial charge in [0.15, 0.2) is 0 Å². The van der Waals surface area contributed by atoms with Crippen LogP contribution in [0.4, 0.5) is 17.6 Å². The van der Waals surface area contributed by atoms with E-state index in [0.717, 1.165) is 17.8 Å². The normalized spacial score (nSPS) is 13.9. The van der Waals surface area contributed by atoms with E-state index >= 15 is 0 Å². The molecule has 0 radical (unpaired) electrons. The molecule has 162 valence electrons. The first-order chi connectivity index (χ1) is 14.8. The molecule has 6 nitrogen and oxygen atoms in total. The second-order valence-corrected chi connectivity index (χ2v) is 7.53. The van der Waals surface area contributed by atoms with Crippen molar-refractivity contribution in [3.63, 3.8) is 0 Å². The second kappa shape index (κ2) is 8.26. The lowest BCUT2D eigenvalue weighted by Gasteiger charge is -2.27. The van der Waals surface area contributed by atoms with Crippen molar-refractivity contribution in [1.29, 1.82) is 0 Å². The maximum absolute atomic E-state index is 13.4. The van der Waals surface area contributed by atoms with Crippen LogP contribution in [0.3, 0.4) is 0 Å². The molecule has 31 heavy (non-hydrogen) atoms. The van der Waals surface area contributed by atoms with Crippen LogP contribution in [0.1, 0.15) is 38.6 Å². The number of nitrogens with zero attached hydrogens (tertiary/aromatic N) is 5. The van der Waals surface area contributed by atoms with E-state index in [1.165, 1.54) is 17.2 Å². The van der Waals surface area contributed by atoms with Gasteiger partial charge in [-0.05, 0) is 24.3 Å². The number of rotatable bonds is 4. The van der Waals surface area contributed by atoms with E-state index in [2.05, 4.69) is 15.3 Å². The van der Waals surface area contributed by atoms with Gasteiger partial charge < -0.3 is 4.90 Å². The number of carbonyl (C=O) groups is 1. The summed E-state index contributed by atoms with van der Waals surface area (Å²) in [4.78, 5) is 18.3. The van der Waals surface area contributed by atoms with E-state index in [4.69, 9.17) is 11.6 Å². The summed E-state index contributed by atoms with van der Waals surface area (Å²) in [6, 6.07) is 6.43. The van der Waals surface area contributed by atoms with Gasteiger partial charge in [0.25, 0.3) is 5.91 Å². The first kappa shape index (κ1) is 21.2. The molecule has 0 spiro atoms. The second-order valence-electron chi connectivity index (χ2n) is 7.10. The maximum atomic E-state index is 13.4. The van der Waals surface area contributed by atoms with Crippen LogP contribution in [0.25, 0.3) is 0 Å². The minimum absolute atomic E-state index is 0.0440. The predicted octanol–water partition coefficient (Wildman–Crippen LogP) is 4.06. The highest BCUT2D eigenvalue weighted by molar-refractivity contribution is 6.30. The Morgan fingerprint density at radius 2 is 2.00 bits per heavy atom. The molecule has 0 atom stereocenters. The Morgan fingerprint density at radius 1 is 1.19 bits per heavy atom. The van der Waals surface area contributed by atoms with Crippen molar-refractivity contribution in [1.82, 2.24) is 24.9 Å². The fourth-order valence-corrected chi connectivity index (χ4v) is 3.63. The zero-order chi connectivity index (χ0) is 22.2. The van der Waals surface area contributed by atoms with Crippen LogP contribution < -0.4 is 0 Å². The number of alkyl halides is 4. The summed E-state index contributed by atoms with van der Waals surface area (Å²) < 4.78 is 54.4. The Balaban J connectivity index is 1.53. The molecule has 3 heterocycles. The number of fused-ring (bicyclic) bond motifs is 1. The monoisotopic (exact) mass is 453 g/mol. The van der Waals surface area contributed by atoms with E-state index in [1.54, 1.807) is 16.8 Å². The fourth-order valence-electron chi connectivity index (χ4n) is 3.45. The van der Waals surface area contributed by atoms with Crippen molar-refractivity contribution in [2.24, 2.45) is 0 Å². The average molecular weight is 454 g/mol. The Hall–Kier alpha value is -3.01. The van der Waals surface area contributed by atoms with Crippen LogP contribution in [0.15, 0.2) is 36.5 Å². The molecule has 1 aromatic carbocycles. The number of aromatic nitrogens is 4. The van der Waals surface area contributed by atoms with E-state index in [0.29, 0.717) is 29.9 Å². The summed E-state index contributed by atoms with van der Waals surface area (Å²) in [5.74, 6) is -0.743. The molecule has 0 fully saturated rings. The molecule has 1 aliphatic heterocycles. The number of benzene rings is 1. The van der Waals surface area contributed by atoms with Crippen LogP contribution in [0, 0.1) is 0 Å². The van der Waals surface area contributed by atoms with Crippen LogP contribution in [-0.4, -0.2) is 37.3 Å². The van der Waals surface area contributed by atoms with E-state index < -0.39 is 29.9 Å². The van der Waals surface area contributed by atoms with Crippen molar-refractivity contribution in [3.8, 4) is 0 Å². The predicted molar refractivity (Wildman–Crippen MR) is 103 cm³/mol. The molecule has 0 aliphatic carbocycles. The highest BCUT2D eigenvalue weighted by Crippen LogP contribution is 2.35. The van der Waals surface area contributed by atoms with Crippen LogP contribution >= 0.6 is 11.6 Å². The Labute approximate surface area is 179 Å². The minimum Gasteiger partial charge on any atom is -0.332 e. The molecular weight excluding hydrogens is 438 g/mol. The van der Waals surface area contributed by atoms with Gasteiger partial charge in [0.1, 0.15) is 12.4 Å². The standard InChI is InChI=1S/C20H16ClF4N5O/c21-13-2-4-15(16(7-13)20(23,24)25)19(31)29-6-5-18-17(11-29)27-28-30(18)10-14-3-1-12(8-22)9-26-14/h1-4,7,9H,5-6,8,10-11H2. The number of halogens is 5. The zero-order valence-electron chi connectivity index (χ0n) is 16.0. The van der Waals surface area contributed by atoms with Gasteiger partial charge in [-0.3, -0.25) is 9.78 Å². The molecule has 0 unspecified atom stereocenters. The summed E-state index contributed by atoms with van der Waals surface area (Å²) >= 11 is 5.70. The van der Waals surface area contributed by atoms with Crippen LogP contribution in [0.5, 0.6) is 0 Å². The molecule has 0 bridgehead atoms. The molecular formula is C20H16ClF4N5O. The summed E-state index contributed by atoms with van der Waals surface area (Å²) in [6.45, 7) is -0.0204. The number of carbonyl (C=O) groups excluding carboxylic acids is 1. The summed E-state index contributed by atoms with van der Waals surface area (Å²) in [6.07, 6.45) is -2.88. The zero-order valence-corrected chi connectivity index (χ0v) is 16.8. The van der Waals surface area contributed by atoms with Crippen molar-refractivity contribution < 1.29 is 22.4 Å². The van der Waals surface area contributed by atoms with Gasteiger partial charge in [-0.2, -0.15) is 13.2 Å². The lowest BCUT2D eigenvalue weighted by molar-refractivity contribution is -0.138. The third kappa shape index (κ3) is 4.39. The number of pyridine rings is 1. The molecule has 3 aromatic rings. The minimum atomic E-state index is -4.70. The van der Waals surface area contributed by atoms with E-state index in [1.807, 2.05) is 0 Å². The highest BCUT2D eigenvalue weighted by atomic mass is 35.5. The Bertz CT molecular complexity index is 1110. The molecule has 11 heteroatoms. The third-order valence-electron chi connectivity index (χ3n) is 5.03. The lowest BCUT2D eigenvalue weighted by atomic mass is 10.0. The molecule has 0 saturated carbocycles. The molecule has 0 N–H and O–H groups in total. The molecule has 0 saturated heterocycles. The summed E-state index contributed by atoms with van der Waals surface area (Å²) in [5, 5.41) is 8.08. The summed E-state index contributed by atoms with van der Waals surface area (Å²) in [7, 11) is 0. The van der Waals surface area contributed by atoms with Crippen LogP contribution in [0.2, 0.25) is 5.02 Å². The molecule has 2 aromatic heterocycles. The van der Waals surface area contributed by atoms with Crippen molar-refractivity contribution >= 4 is 17.5 Å². The SMILES string of the molecule is O=C(c1ccc(Cl)cc1C(F)(F)F)N1CCc2c(nnn2Cc2ccc(CF)cn2)C1. The maximum Gasteiger partial charge on any atom is 0.417 e. The highest BCUT2D eigenvalue weighted by Gasteiger charge is 2.37. The smallest absolute Gasteiger partial charge is 0.332 e. The molecule has 1 amide bonds. The van der Waals surface area contributed by atoms with E-state index in [-0.39, 0.29) is 18.1 Å².